The van der Waals surface area contributed by atoms with Crippen LogP contribution in [0.15, 0.2) is 24.7 Å². The maximum Gasteiger partial charge on any atom is 0.227 e. The zero-order valence-electron chi connectivity index (χ0n) is 16.5. The second-order valence-electron chi connectivity index (χ2n) is 8.60. The van der Waals surface area contributed by atoms with Gasteiger partial charge in [0.15, 0.2) is 0 Å². The summed E-state index contributed by atoms with van der Waals surface area (Å²) in [5.41, 5.74) is 0. The van der Waals surface area contributed by atoms with E-state index in [-0.39, 0.29) is 6.10 Å². The maximum atomic E-state index is 9.96. The molecule has 2 aromatic heterocycles. The number of piperidine rings is 2. The summed E-state index contributed by atoms with van der Waals surface area (Å²) in [4.78, 5) is 18.5. The van der Waals surface area contributed by atoms with Gasteiger partial charge in [-0.2, -0.15) is 4.98 Å². The van der Waals surface area contributed by atoms with Crippen LogP contribution in [0.3, 0.4) is 0 Å². The second-order valence-corrected chi connectivity index (χ2v) is 8.60. The fraction of sp³-hybridized carbons (Fsp3) is 0.667. The maximum absolute atomic E-state index is 9.96. The van der Waals surface area contributed by atoms with E-state index in [4.69, 9.17) is 4.98 Å². The fourth-order valence-corrected chi connectivity index (χ4v) is 4.58. The first-order valence-corrected chi connectivity index (χ1v) is 10.8. The molecule has 1 aliphatic carbocycles. The molecule has 1 N–H and O–H groups in total. The lowest BCUT2D eigenvalue weighted by Crippen LogP contribution is -2.39. The molecule has 7 nitrogen and oxygen atoms in total. The Kier molecular flexibility index (Phi) is 4.93. The van der Waals surface area contributed by atoms with Crippen molar-refractivity contribution >= 4 is 11.8 Å². The van der Waals surface area contributed by atoms with E-state index in [1.807, 2.05) is 18.5 Å². The van der Waals surface area contributed by atoms with Crippen LogP contribution in [-0.4, -0.2) is 56.9 Å². The largest absolute Gasteiger partial charge is 0.391 e. The number of aliphatic hydroxyl groups is 1. The number of aromatic nitrogens is 4. The van der Waals surface area contributed by atoms with Crippen molar-refractivity contribution in [2.75, 3.05) is 36.0 Å². The zero-order chi connectivity index (χ0) is 18.9. The van der Waals surface area contributed by atoms with Crippen molar-refractivity contribution in [1.82, 2.24) is 19.5 Å². The molecule has 2 aliphatic heterocycles. The molecule has 3 aliphatic rings. The molecule has 1 atom stereocenters. The fourth-order valence-electron chi connectivity index (χ4n) is 4.58. The van der Waals surface area contributed by atoms with E-state index in [1.54, 1.807) is 0 Å². The molecule has 0 radical (unpaired) electrons. The Morgan fingerprint density at radius 3 is 2.61 bits per heavy atom. The lowest BCUT2D eigenvalue weighted by atomic mass is 9.96. The number of aliphatic hydroxyl groups excluding tert-OH is 1. The number of anilines is 2. The Labute approximate surface area is 166 Å². The minimum absolute atomic E-state index is 0.248. The first-order chi connectivity index (χ1) is 13.8. The van der Waals surface area contributed by atoms with Gasteiger partial charge in [-0.15, -0.1) is 0 Å². The minimum Gasteiger partial charge on any atom is -0.391 e. The normalized spacial score (nSPS) is 24.0. The minimum atomic E-state index is -0.248. The van der Waals surface area contributed by atoms with Gasteiger partial charge in [0, 0.05) is 57.2 Å². The predicted octanol–water partition coefficient (Wildman–Crippen LogP) is 2.43. The molecule has 28 heavy (non-hydrogen) atoms. The Balaban J connectivity index is 1.23. The van der Waals surface area contributed by atoms with Crippen molar-refractivity contribution in [2.45, 2.75) is 57.1 Å². The lowest BCUT2D eigenvalue weighted by Gasteiger charge is -2.34. The molecule has 3 fully saturated rings. The van der Waals surface area contributed by atoms with Gasteiger partial charge in [0.2, 0.25) is 5.95 Å². The van der Waals surface area contributed by atoms with Crippen molar-refractivity contribution < 1.29 is 5.11 Å². The van der Waals surface area contributed by atoms with Crippen LogP contribution in [-0.2, 0) is 6.54 Å². The summed E-state index contributed by atoms with van der Waals surface area (Å²) < 4.78 is 2.39. The molecule has 2 saturated heterocycles. The molecule has 0 amide bonds. The Hall–Kier alpha value is -2.15. The third-order valence-electron chi connectivity index (χ3n) is 6.39. The van der Waals surface area contributed by atoms with Gasteiger partial charge < -0.3 is 19.5 Å². The van der Waals surface area contributed by atoms with Crippen molar-refractivity contribution in [1.29, 1.82) is 0 Å². The Morgan fingerprint density at radius 2 is 1.82 bits per heavy atom. The van der Waals surface area contributed by atoms with Gasteiger partial charge in [0.1, 0.15) is 11.6 Å². The molecule has 0 unspecified atom stereocenters. The SMILES string of the molecule is O[C@H]1CCCN(c2ccnc(N3CCC(c4nccn4CC4CC4)CC3)n2)C1. The van der Waals surface area contributed by atoms with E-state index >= 15 is 0 Å². The van der Waals surface area contributed by atoms with Crippen LogP contribution in [0.2, 0.25) is 0 Å². The Morgan fingerprint density at radius 1 is 0.964 bits per heavy atom. The molecular formula is C21H30N6O. The highest BCUT2D eigenvalue weighted by molar-refractivity contribution is 5.44. The average Bonchev–Trinajstić information content (AvgIpc) is 3.43. The highest BCUT2D eigenvalue weighted by atomic mass is 16.3. The summed E-state index contributed by atoms with van der Waals surface area (Å²) in [5.74, 6) is 4.43. The van der Waals surface area contributed by atoms with Gasteiger partial charge in [-0.1, -0.05) is 0 Å². The van der Waals surface area contributed by atoms with Crippen molar-refractivity contribution in [3.05, 3.63) is 30.5 Å². The molecule has 0 bridgehead atoms. The van der Waals surface area contributed by atoms with E-state index in [2.05, 4.69) is 30.5 Å². The van der Waals surface area contributed by atoms with Gasteiger partial charge in [-0.05, 0) is 50.5 Å². The van der Waals surface area contributed by atoms with Crippen LogP contribution in [0.1, 0.15) is 50.3 Å². The highest BCUT2D eigenvalue weighted by Gasteiger charge is 2.28. The van der Waals surface area contributed by atoms with Crippen molar-refractivity contribution in [3.8, 4) is 0 Å². The van der Waals surface area contributed by atoms with Crippen LogP contribution in [0.4, 0.5) is 11.8 Å². The van der Waals surface area contributed by atoms with Crippen LogP contribution >= 0.6 is 0 Å². The number of nitrogens with zero attached hydrogens (tertiary/aromatic N) is 6. The first-order valence-electron chi connectivity index (χ1n) is 10.8. The zero-order valence-corrected chi connectivity index (χ0v) is 16.5. The summed E-state index contributed by atoms with van der Waals surface area (Å²) in [6, 6.07) is 1.96. The average molecular weight is 383 g/mol. The molecule has 0 aromatic carbocycles. The summed E-state index contributed by atoms with van der Waals surface area (Å²) in [6.07, 6.45) is 12.6. The van der Waals surface area contributed by atoms with Crippen LogP contribution in [0.25, 0.3) is 0 Å². The summed E-state index contributed by atoms with van der Waals surface area (Å²) in [5, 5.41) is 9.96. The summed E-state index contributed by atoms with van der Waals surface area (Å²) in [7, 11) is 0. The van der Waals surface area contributed by atoms with Gasteiger partial charge in [-0.25, -0.2) is 9.97 Å². The van der Waals surface area contributed by atoms with Gasteiger partial charge in [-0.3, -0.25) is 0 Å². The molecule has 4 heterocycles. The summed E-state index contributed by atoms with van der Waals surface area (Å²) >= 11 is 0. The highest BCUT2D eigenvalue weighted by Crippen LogP contribution is 2.34. The smallest absolute Gasteiger partial charge is 0.227 e. The van der Waals surface area contributed by atoms with E-state index < -0.39 is 0 Å². The standard InChI is InChI=1S/C21H30N6O/c28-18-2-1-10-26(15-18)19-5-8-23-21(24-19)25-11-6-17(7-12-25)20-22-9-13-27(20)14-16-3-4-16/h5,8-9,13,16-18,28H,1-4,6-7,10-12,14-15H2/t18-/m0/s1. The van der Waals surface area contributed by atoms with Crippen molar-refractivity contribution in [3.63, 3.8) is 0 Å². The second kappa shape index (κ2) is 7.70. The first kappa shape index (κ1) is 17.9. The summed E-state index contributed by atoms with van der Waals surface area (Å²) in [6.45, 7) is 4.70. The monoisotopic (exact) mass is 382 g/mol. The Bertz CT molecular complexity index is 796. The van der Waals surface area contributed by atoms with Gasteiger partial charge >= 0.3 is 0 Å². The van der Waals surface area contributed by atoms with Crippen LogP contribution in [0.5, 0.6) is 0 Å². The third-order valence-corrected chi connectivity index (χ3v) is 6.39. The quantitative estimate of drug-likeness (QED) is 0.856. The molecular weight excluding hydrogens is 352 g/mol. The topological polar surface area (TPSA) is 70.3 Å². The van der Waals surface area contributed by atoms with Gasteiger partial charge in [0.25, 0.3) is 0 Å². The number of imidazole rings is 1. The molecule has 0 spiro atoms. The van der Waals surface area contributed by atoms with E-state index in [0.29, 0.717) is 12.5 Å². The van der Waals surface area contributed by atoms with Crippen LogP contribution < -0.4 is 9.80 Å². The lowest BCUT2D eigenvalue weighted by molar-refractivity contribution is 0.154. The molecule has 2 aromatic rings. The van der Waals surface area contributed by atoms with E-state index in [9.17, 15) is 5.11 Å². The van der Waals surface area contributed by atoms with E-state index in [0.717, 1.165) is 69.5 Å². The molecule has 7 heteroatoms. The predicted molar refractivity (Wildman–Crippen MR) is 109 cm³/mol. The van der Waals surface area contributed by atoms with Crippen LogP contribution in [0, 0.1) is 5.92 Å². The van der Waals surface area contributed by atoms with Crippen molar-refractivity contribution in [2.24, 2.45) is 5.92 Å². The number of hydrogen-bond donors (Lipinski definition) is 1. The number of hydrogen-bond acceptors (Lipinski definition) is 6. The number of rotatable bonds is 5. The van der Waals surface area contributed by atoms with Gasteiger partial charge in [0.05, 0.1) is 6.10 Å². The van der Waals surface area contributed by atoms with E-state index in [1.165, 1.54) is 18.7 Å². The third kappa shape index (κ3) is 3.85. The number of β-amino-alcohol motifs (C(OH)–C–C–N with tert-alkyl or cyclic N) is 1. The molecule has 5 rings (SSSR count). The molecule has 150 valence electrons. The molecule has 1 saturated carbocycles.